The topological polar surface area (TPSA) is 67.2 Å². The van der Waals surface area contributed by atoms with Crippen molar-refractivity contribution < 1.29 is 9.21 Å². The quantitative estimate of drug-likeness (QED) is 0.850. The summed E-state index contributed by atoms with van der Waals surface area (Å²) in [5, 5.41) is 6.08. The highest BCUT2D eigenvalue weighted by Crippen LogP contribution is 2.20. The first-order chi connectivity index (χ1) is 9.63. The SMILES string of the molecule is CCNCC(C)C(=O)Nc1ccc2oc(CC)nc2c1. The molecule has 1 amide bonds. The fraction of sp³-hybridized carbons (Fsp3) is 0.467. The van der Waals surface area contributed by atoms with Crippen molar-refractivity contribution in [1.29, 1.82) is 0 Å². The molecule has 5 nitrogen and oxygen atoms in total. The number of nitrogens with one attached hydrogen (secondary N) is 2. The van der Waals surface area contributed by atoms with Crippen LogP contribution in [0.1, 0.15) is 26.7 Å². The van der Waals surface area contributed by atoms with E-state index >= 15 is 0 Å². The second-order valence-corrected chi connectivity index (χ2v) is 4.84. The van der Waals surface area contributed by atoms with Crippen molar-refractivity contribution in [1.82, 2.24) is 10.3 Å². The summed E-state index contributed by atoms with van der Waals surface area (Å²) < 4.78 is 5.54. The molecule has 0 aliphatic rings. The number of aromatic nitrogens is 1. The van der Waals surface area contributed by atoms with E-state index in [4.69, 9.17) is 4.42 Å². The first-order valence-electron chi connectivity index (χ1n) is 7.05. The second kappa shape index (κ2) is 6.52. The average molecular weight is 275 g/mol. The van der Waals surface area contributed by atoms with Crippen molar-refractivity contribution in [3.63, 3.8) is 0 Å². The van der Waals surface area contributed by atoms with E-state index in [1.807, 2.05) is 39.0 Å². The predicted molar refractivity (Wildman–Crippen MR) is 79.7 cm³/mol. The molecule has 1 atom stereocenters. The highest BCUT2D eigenvalue weighted by atomic mass is 16.3. The monoisotopic (exact) mass is 275 g/mol. The van der Waals surface area contributed by atoms with E-state index in [9.17, 15) is 4.79 Å². The number of aryl methyl sites for hydroxylation is 1. The van der Waals surface area contributed by atoms with E-state index in [1.165, 1.54) is 0 Å². The smallest absolute Gasteiger partial charge is 0.228 e. The number of hydrogen-bond acceptors (Lipinski definition) is 4. The van der Waals surface area contributed by atoms with Gasteiger partial charge < -0.3 is 15.1 Å². The van der Waals surface area contributed by atoms with Gasteiger partial charge in [-0.2, -0.15) is 0 Å². The molecule has 20 heavy (non-hydrogen) atoms. The molecule has 2 rings (SSSR count). The Morgan fingerprint density at radius 1 is 1.40 bits per heavy atom. The van der Waals surface area contributed by atoms with Gasteiger partial charge in [0, 0.05) is 24.6 Å². The number of benzene rings is 1. The van der Waals surface area contributed by atoms with Crippen molar-refractivity contribution >= 4 is 22.7 Å². The summed E-state index contributed by atoms with van der Waals surface area (Å²) in [4.78, 5) is 16.4. The number of amides is 1. The van der Waals surface area contributed by atoms with E-state index in [1.54, 1.807) is 0 Å². The Kier molecular flexibility index (Phi) is 4.74. The molecular formula is C15H21N3O2. The lowest BCUT2D eigenvalue weighted by Crippen LogP contribution is -2.30. The summed E-state index contributed by atoms with van der Waals surface area (Å²) in [6.45, 7) is 7.46. The van der Waals surface area contributed by atoms with Crippen LogP contribution in [0.2, 0.25) is 0 Å². The van der Waals surface area contributed by atoms with Gasteiger partial charge in [0.2, 0.25) is 5.91 Å². The molecule has 0 saturated heterocycles. The van der Waals surface area contributed by atoms with E-state index in [-0.39, 0.29) is 11.8 Å². The van der Waals surface area contributed by atoms with E-state index in [0.29, 0.717) is 12.4 Å². The van der Waals surface area contributed by atoms with Gasteiger partial charge in [-0.1, -0.05) is 20.8 Å². The molecule has 108 valence electrons. The zero-order valence-corrected chi connectivity index (χ0v) is 12.2. The van der Waals surface area contributed by atoms with Crippen LogP contribution in [0.3, 0.4) is 0 Å². The molecule has 1 heterocycles. The number of oxazole rings is 1. The number of nitrogens with zero attached hydrogens (tertiary/aromatic N) is 1. The summed E-state index contributed by atoms with van der Waals surface area (Å²) in [6, 6.07) is 5.52. The molecule has 0 spiro atoms. The maximum Gasteiger partial charge on any atom is 0.228 e. The number of hydrogen-bond donors (Lipinski definition) is 2. The maximum atomic E-state index is 12.0. The van der Waals surface area contributed by atoms with Crippen LogP contribution in [0.5, 0.6) is 0 Å². The Morgan fingerprint density at radius 2 is 2.20 bits per heavy atom. The maximum absolute atomic E-state index is 12.0. The van der Waals surface area contributed by atoms with Crippen molar-refractivity contribution in [3.05, 3.63) is 24.1 Å². The van der Waals surface area contributed by atoms with Crippen LogP contribution in [-0.4, -0.2) is 24.0 Å². The molecule has 1 aromatic carbocycles. The number of carbonyl (C=O) groups is 1. The van der Waals surface area contributed by atoms with E-state index in [2.05, 4.69) is 15.6 Å². The molecule has 2 N–H and O–H groups in total. The third-order valence-electron chi connectivity index (χ3n) is 3.15. The Balaban J connectivity index is 2.07. The first kappa shape index (κ1) is 14.5. The standard InChI is InChI=1S/C15H21N3O2/c1-4-14-18-12-8-11(6-7-13(12)20-14)17-15(19)10(3)9-16-5-2/h6-8,10,16H,4-5,9H2,1-3H3,(H,17,19). The normalized spacial score (nSPS) is 12.6. The first-order valence-corrected chi connectivity index (χ1v) is 7.05. The lowest BCUT2D eigenvalue weighted by molar-refractivity contribution is -0.119. The number of rotatable bonds is 6. The van der Waals surface area contributed by atoms with Gasteiger partial charge in [-0.05, 0) is 24.7 Å². The highest BCUT2D eigenvalue weighted by Gasteiger charge is 2.13. The van der Waals surface area contributed by atoms with Crippen molar-refractivity contribution in [2.45, 2.75) is 27.2 Å². The van der Waals surface area contributed by atoms with Gasteiger partial charge in [0.25, 0.3) is 0 Å². The fourth-order valence-corrected chi connectivity index (χ4v) is 1.92. The lowest BCUT2D eigenvalue weighted by Gasteiger charge is -2.12. The van der Waals surface area contributed by atoms with Crippen LogP contribution in [0.25, 0.3) is 11.1 Å². The predicted octanol–water partition coefficient (Wildman–Crippen LogP) is 2.57. The Hall–Kier alpha value is -1.88. The van der Waals surface area contributed by atoms with Gasteiger partial charge in [0.1, 0.15) is 5.52 Å². The molecule has 1 unspecified atom stereocenters. The molecule has 0 aliphatic carbocycles. The van der Waals surface area contributed by atoms with E-state index in [0.717, 1.165) is 29.8 Å². The van der Waals surface area contributed by atoms with Crippen molar-refractivity contribution in [2.24, 2.45) is 5.92 Å². The Morgan fingerprint density at radius 3 is 2.90 bits per heavy atom. The number of anilines is 1. The summed E-state index contributed by atoms with van der Waals surface area (Å²) in [5.74, 6) is 0.641. The minimum atomic E-state index is -0.0749. The highest BCUT2D eigenvalue weighted by molar-refractivity contribution is 5.94. The summed E-state index contributed by atoms with van der Waals surface area (Å²) in [7, 11) is 0. The minimum absolute atomic E-state index is 0.00418. The summed E-state index contributed by atoms with van der Waals surface area (Å²) in [5.41, 5.74) is 2.28. The zero-order valence-electron chi connectivity index (χ0n) is 12.2. The third-order valence-corrected chi connectivity index (χ3v) is 3.15. The van der Waals surface area contributed by atoms with Crippen LogP contribution in [0.4, 0.5) is 5.69 Å². The second-order valence-electron chi connectivity index (χ2n) is 4.84. The third kappa shape index (κ3) is 3.36. The molecule has 2 aromatic rings. The Labute approximate surface area is 118 Å². The summed E-state index contributed by atoms with van der Waals surface area (Å²) >= 11 is 0. The fourth-order valence-electron chi connectivity index (χ4n) is 1.92. The van der Waals surface area contributed by atoms with Crippen LogP contribution < -0.4 is 10.6 Å². The van der Waals surface area contributed by atoms with Crippen molar-refractivity contribution in [2.75, 3.05) is 18.4 Å². The molecule has 5 heteroatoms. The van der Waals surface area contributed by atoms with Crippen LogP contribution in [0.15, 0.2) is 22.6 Å². The molecule has 0 fully saturated rings. The average Bonchev–Trinajstić information content (AvgIpc) is 2.86. The molecule has 0 aliphatic heterocycles. The van der Waals surface area contributed by atoms with Gasteiger partial charge >= 0.3 is 0 Å². The number of carbonyl (C=O) groups excluding carboxylic acids is 1. The van der Waals surface area contributed by atoms with Crippen LogP contribution in [-0.2, 0) is 11.2 Å². The van der Waals surface area contributed by atoms with Crippen molar-refractivity contribution in [3.8, 4) is 0 Å². The van der Waals surface area contributed by atoms with Gasteiger partial charge in [-0.3, -0.25) is 4.79 Å². The zero-order chi connectivity index (χ0) is 14.5. The molecule has 0 radical (unpaired) electrons. The number of fused-ring (bicyclic) bond motifs is 1. The Bertz CT molecular complexity index is 592. The van der Waals surface area contributed by atoms with Gasteiger partial charge in [0.15, 0.2) is 11.5 Å². The molecule has 0 saturated carbocycles. The largest absolute Gasteiger partial charge is 0.441 e. The van der Waals surface area contributed by atoms with Crippen LogP contribution in [0, 0.1) is 5.92 Å². The lowest BCUT2D eigenvalue weighted by atomic mass is 10.1. The van der Waals surface area contributed by atoms with E-state index < -0.39 is 0 Å². The van der Waals surface area contributed by atoms with Gasteiger partial charge in [-0.25, -0.2) is 4.98 Å². The van der Waals surface area contributed by atoms with Gasteiger partial charge in [-0.15, -0.1) is 0 Å². The van der Waals surface area contributed by atoms with Crippen LogP contribution >= 0.6 is 0 Å². The molecule has 1 aromatic heterocycles. The molecule has 0 bridgehead atoms. The minimum Gasteiger partial charge on any atom is -0.441 e. The summed E-state index contributed by atoms with van der Waals surface area (Å²) in [6.07, 6.45) is 0.760. The van der Waals surface area contributed by atoms with Gasteiger partial charge in [0.05, 0.1) is 0 Å². The molecular weight excluding hydrogens is 254 g/mol.